The predicted octanol–water partition coefficient (Wildman–Crippen LogP) is 3.58. The van der Waals surface area contributed by atoms with Crippen LogP contribution < -0.4 is 0 Å². The topological polar surface area (TPSA) is 29.5 Å². The fourth-order valence-electron chi connectivity index (χ4n) is 2.77. The van der Waals surface area contributed by atoms with Crippen LogP contribution in [0.1, 0.15) is 22.0 Å². The van der Waals surface area contributed by atoms with Crippen molar-refractivity contribution in [3.63, 3.8) is 0 Å². The Bertz CT molecular complexity index is 661. The van der Waals surface area contributed by atoms with E-state index in [2.05, 4.69) is 11.4 Å². The van der Waals surface area contributed by atoms with E-state index in [0.717, 1.165) is 13.0 Å². The van der Waals surface area contributed by atoms with Crippen molar-refractivity contribution >= 4 is 29.7 Å². The van der Waals surface area contributed by atoms with Gasteiger partial charge in [-0.05, 0) is 29.5 Å². The molecule has 22 heavy (non-hydrogen) atoms. The van der Waals surface area contributed by atoms with Gasteiger partial charge in [0.25, 0.3) is 0 Å². The second-order valence-electron chi connectivity index (χ2n) is 5.04. The van der Waals surface area contributed by atoms with Crippen LogP contribution in [-0.4, -0.2) is 24.5 Å². The van der Waals surface area contributed by atoms with Crippen molar-refractivity contribution in [3.05, 3.63) is 57.5 Å². The van der Waals surface area contributed by atoms with Crippen LogP contribution in [0.5, 0.6) is 0 Å². The molecule has 1 atom stereocenters. The second kappa shape index (κ2) is 7.22. The number of thiophene rings is 1. The summed E-state index contributed by atoms with van der Waals surface area (Å²) < 4.78 is 19.0. The molecular formula is C16H17ClFNO2S. The summed E-state index contributed by atoms with van der Waals surface area (Å²) in [5.74, 6) is -0.789. The Balaban J connectivity index is 0.00000176. The molecule has 0 aliphatic carbocycles. The Morgan fingerprint density at radius 3 is 2.86 bits per heavy atom. The lowest BCUT2D eigenvalue weighted by atomic mass is 10.0. The SMILES string of the molecule is COC(=O)C(c1ccccc1F)N1CCc2sccc2C1.Cl. The molecule has 0 bridgehead atoms. The average Bonchev–Trinajstić information content (AvgIpc) is 2.97. The van der Waals surface area contributed by atoms with Crippen molar-refractivity contribution in [1.82, 2.24) is 4.90 Å². The number of ether oxygens (including phenoxy) is 1. The van der Waals surface area contributed by atoms with Gasteiger partial charge in [-0.3, -0.25) is 4.90 Å². The van der Waals surface area contributed by atoms with Crippen LogP contribution in [0.4, 0.5) is 4.39 Å². The van der Waals surface area contributed by atoms with E-state index in [1.807, 2.05) is 4.90 Å². The minimum absolute atomic E-state index is 0. The average molecular weight is 342 g/mol. The minimum Gasteiger partial charge on any atom is -0.468 e. The van der Waals surface area contributed by atoms with Crippen LogP contribution >= 0.6 is 23.7 Å². The highest BCUT2D eigenvalue weighted by molar-refractivity contribution is 7.10. The first kappa shape index (κ1) is 16.9. The molecule has 1 aliphatic rings. The van der Waals surface area contributed by atoms with E-state index in [0.29, 0.717) is 12.1 Å². The molecule has 2 aromatic rings. The van der Waals surface area contributed by atoms with Crippen LogP contribution in [0, 0.1) is 5.82 Å². The number of halogens is 2. The maximum absolute atomic E-state index is 14.1. The number of benzene rings is 1. The van der Waals surface area contributed by atoms with Gasteiger partial charge in [0.1, 0.15) is 11.9 Å². The predicted molar refractivity (Wildman–Crippen MR) is 86.8 cm³/mol. The molecule has 6 heteroatoms. The zero-order chi connectivity index (χ0) is 14.8. The number of rotatable bonds is 3. The molecular weight excluding hydrogens is 325 g/mol. The van der Waals surface area contributed by atoms with Crippen molar-refractivity contribution in [1.29, 1.82) is 0 Å². The van der Waals surface area contributed by atoms with Gasteiger partial charge in [-0.1, -0.05) is 18.2 Å². The van der Waals surface area contributed by atoms with Crippen LogP contribution in [0.25, 0.3) is 0 Å². The quantitative estimate of drug-likeness (QED) is 0.799. The molecule has 1 aromatic heterocycles. The van der Waals surface area contributed by atoms with Gasteiger partial charge in [0.15, 0.2) is 0 Å². The molecule has 0 spiro atoms. The number of hydrogen-bond acceptors (Lipinski definition) is 4. The van der Waals surface area contributed by atoms with Gasteiger partial charge in [-0.25, -0.2) is 9.18 Å². The summed E-state index contributed by atoms with van der Waals surface area (Å²) in [6.07, 6.45) is 0.884. The van der Waals surface area contributed by atoms with Gasteiger partial charge < -0.3 is 4.74 Å². The smallest absolute Gasteiger partial charge is 0.327 e. The first-order valence-electron chi connectivity index (χ1n) is 6.82. The molecule has 3 rings (SSSR count). The number of methoxy groups -OCH3 is 1. The second-order valence-corrected chi connectivity index (χ2v) is 6.04. The molecule has 1 unspecified atom stereocenters. The summed E-state index contributed by atoms with van der Waals surface area (Å²) in [6, 6.07) is 7.78. The third-order valence-corrected chi connectivity index (χ3v) is 4.85. The number of nitrogens with zero attached hydrogens (tertiary/aromatic N) is 1. The maximum atomic E-state index is 14.1. The zero-order valence-corrected chi connectivity index (χ0v) is 13.8. The van der Waals surface area contributed by atoms with Gasteiger partial charge in [-0.15, -0.1) is 23.7 Å². The largest absolute Gasteiger partial charge is 0.468 e. The van der Waals surface area contributed by atoms with E-state index >= 15 is 0 Å². The highest BCUT2D eigenvalue weighted by Crippen LogP contribution is 2.32. The van der Waals surface area contributed by atoms with Gasteiger partial charge >= 0.3 is 5.97 Å². The Kier molecular flexibility index (Phi) is 5.56. The molecule has 3 nitrogen and oxygen atoms in total. The summed E-state index contributed by atoms with van der Waals surface area (Å²) in [6.45, 7) is 1.37. The Labute approximate surface area is 139 Å². The Hall–Kier alpha value is -1.43. The molecule has 2 heterocycles. The van der Waals surface area contributed by atoms with Crippen LogP contribution in [0.2, 0.25) is 0 Å². The molecule has 0 N–H and O–H groups in total. The molecule has 1 aliphatic heterocycles. The van der Waals surface area contributed by atoms with Crippen molar-refractivity contribution in [3.8, 4) is 0 Å². The highest BCUT2D eigenvalue weighted by atomic mass is 35.5. The van der Waals surface area contributed by atoms with Crippen molar-refractivity contribution in [2.75, 3.05) is 13.7 Å². The number of fused-ring (bicyclic) bond motifs is 1. The Morgan fingerprint density at radius 2 is 2.14 bits per heavy atom. The number of carbonyl (C=O) groups is 1. The summed E-state index contributed by atoms with van der Waals surface area (Å²) in [7, 11) is 1.34. The Morgan fingerprint density at radius 1 is 1.36 bits per heavy atom. The molecule has 0 saturated carbocycles. The lowest BCUT2D eigenvalue weighted by molar-refractivity contribution is -0.147. The van der Waals surface area contributed by atoms with Crippen LogP contribution in [0.3, 0.4) is 0 Å². The monoisotopic (exact) mass is 341 g/mol. The van der Waals surface area contributed by atoms with E-state index < -0.39 is 12.0 Å². The van der Waals surface area contributed by atoms with Crippen molar-refractivity contribution in [2.45, 2.75) is 19.0 Å². The van der Waals surface area contributed by atoms with Gasteiger partial charge in [0.2, 0.25) is 0 Å². The van der Waals surface area contributed by atoms with E-state index in [1.54, 1.807) is 29.5 Å². The third kappa shape index (κ3) is 3.16. The molecule has 0 radical (unpaired) electrons. The lowest BCUT2D eigenvalue weighted by Crippen LogP contribution is -2.38. The van der Waals surface area contributed by atoms with Gasteiger partial charge in [-0.2, -0.15) is 0 Å². The third-order valence-electron chi connectivity index (χ3n) is 3.83. The summed E-state index contributed by atoms with van der Waals surface area (Å²) in [4.78, 5) is 15.5. The van der Waals surface area contributed by atoms with Crippen molar-refractivity contribution < 1.29 is 13.9 Å². The molecule has 0 saturated heterocycles. The fourth-order valence-corrected chi connectivity index (χ4v) is 3.66. The first-order valence-corrected chi connectivity index (χ1v) is 7.70. The number of hydrogen-bond donors (Lipinski definition) is 0. The van der Waals surface area contributed by atoms with Gasteiger partial charge in [0, 0.05) is 23.5 Å². The fraction of sp³-hybridized carbons (Fsp3) is 0.312. The molecule has 118 valence electrons. The summed E-state index contributed by atoms with van der Waals surface area (Å²) in [5, 5.41) is 2.06. The van der Waals surface area contributed by atoms with E-state index in [4.69, 9.17) is 4.74 Å². The van der Waals surface area contributed by atoms with E-state index in [1.165, 1.54) is 23.6 Å². The molecule has 0 fully saturated rings. The van der Waals surface area contributed by atoms with Crippen molar-refractivity contribution in [2.24, 2.45) is 0 Å². The summed E-state index contributed by atoms with van der Waals surface area (Å²) >= 11 is 1.74. The van der Waals surface area contributed by atoms with E-state index in [9.17, 15) is 9.18 Å². The van der Waals surface area contributed by atoms with Crippen LogP contribution in [-0.2, 0) is 22.5 Å². The minimum atomic E-state index is -0.691. The van der Waals surface area contributed by atoms with Crippen LogP contribution in [0.15, 0.2) is 35.7 Å². The number of carbonyl (C=O) groups excluding carboxylic acids is 1. The number of esters is 1. The highest BCUT2D eigenvalue weighted by Gasteiger charge is 2.33. The molecule has 1 aromatic carbocycles. The zero-order valence-electron chi connectivity index (χ0n) is 12.1. The molecule has 0 amide bonds. The maximum Gasteiger partial charge on any atom is 0.327 e. The normalized spacial score (nSPS) is 15.5. The van der Waals surface area contributed by atoms with Gasteiger partial charge in [0.05, 0.1) is 7.11 Å². The standard InChI is InChI=1S/C16H16FNO2S.ClH/c1-20-16(19)15(12-4-2-3-5-13(12)17)18-8-6-14-11(10-18)7-9-21-14;/h2-5,7,9,15H,6,8,10H2,1H3;1H. The lowest BCUT2D eigenvalue weighted by Gasteiger charge is -2.33. The summed E-state index contributed by atoms with van der Waals surface area (Å²) in [5.41, 5.74) is 1.60. The first-order chi connectivity index (χ1) is 10.2. The van der Waals surface area contributed by atoms with E-state index in [-0.39, 0.29) is 18.2 Å².